The summed E-state index contributed by atoms with van der Waals surface area (Å²) in [5.41, 5.74) is 6.22. The smallest absolute Gasteiger partial charge is 0.152 e. The number of methoxy groups -OCH3 is 1. The third-order valence-corrected chi connectivity index (χ3v) is 1.93. The van der Waals surface area contributed by atoms with E-state index in [1.165, 1.54) is 6.33 Å². The summed E-state index contributed by atoms with van der Waals surface area (Å²) < 4.78 is 10.2. The van der Waals surface area contributed by atoms with Crippen LogP contribution in [0.2, 0.25) is 0 Å². The number of nitrogen functional groups attached to an aromatic ring is 1. The molecule has 0 aliphatic carbocycles. The molecular weight excluding hydrogens is 208 g/mol. The van der Waals surface area contributed by atoms with Gasteiger partial charge in [-0.25, -0.2) is 9.97 Å². The van der Waals surface area contributed by atoms with Gasteiger partial charge in [-0.15, -0.1) is 0 Å². The Morgan fingerprint density at radius 2 is 2.25 bits per heavy atom. The minimum absolute atomic E-state index is 0.558. The van der Waals surface area contributed by atoms with E-state index in [0.29, 0.717) is 31.3 Å². The summed E-state index contributed by atoms with van der Waals surface area (Å²) in [6, 6.07) is 0. The van der Waals surface area contributed by atoms with Gasteiger partial charge in [-0.3, -0.25) is 0 Å². The van der Waals surface area contributed by atoms with Crippen LogP contribution in [0.5, 0.6) is 0 Å². The van der Waals surface area contributed by atoms with Crippen molar-refractivity contribution >= 4 is 11.5 Å². The van der Waals surface area contributed by atoms with Gasteiger partial charge in [0.15, 0.2) is 5.82 Å². The van der Waals surface area contributed by atoms with Crippen LogP contribution < -0.4 is 11.1 Å². The van der Waals surface area contributed by atoms with E-state index in [0.717, 1.165) is 13.0 Å². The van der Waals surface area contributed by atoms with E-state index in [4.69, 9.17) is 15.2 Å². The van der Waals surface area contributed by atoms with Crippen molar-refractivity contribution in [3.8, 4) is 0 Å². The van der Waals surface area contributed by atoms with Crippen LogP contribution in [0.1, 0.15) is 6.42 Å². The molecule has 0 bridgehead atoms. The van der Waals surface area contributed by atoms with Crippen molar-refractivity contribution < 1.29 is 9.47 Å². The Balaban J connectivity index is 2.05. The first-order valence-electron chi connectivity index (χ1n) is 5.20. The molecule has 0 unspecified atom stereocenters. The first kappa shape index (κ1) is 12.7. The lowest BCUT2D eigenvalue weighted by molar-refractivity contribution is 0.0705. The fourth-order valence-electron chi connectivity index (χ4n) is 1.11. The lowest BCUT2D eigenvalue weighted by Crippen LogP contribution is -2.10. The molecule has 90 valence electrons. The van der Waals surface area contributed by atoms with Gasteiger partial charge < -0.3 is 20.5 Å². The second-order valence-corrected chi connectivity index (χ2v) is 3.21. The van der Waals surface area contributed by atoms with Crippen molar-refractivity contribution in [3.05, 3.63) is 12.5 Å². The number of hydrogen-bond acceptors (Lipinski definition) is 6. The van der Waals surface area contributed by atoms with Crippen molar-refractivity contribution in [2.45, 2.75) is 6.42 Å². The maximum absolute atomic E-state index is 5.67. The average Bonchev–Trinajstić information content (AvgIpc) is 2.30. The largest absolute Gasteiger partial charge is 0.394 e. The Labute approximate surface area is 95.2 Å². The Bertz CT molecular complexity index is 296. The summed E-state index contributed by atoms with van der Waals surface area (Å²) in [7, 11) is 1.66. The van der Waals surface area contributed by atoms with Gasteiger partial charge in [0.25, 0.3) is 0 Å². The highest BCUT2D eigenvalue weighted by molar-refractivity contribution is 5.58. The molecule has 0 fully saturated rings. The van der Waals surface area contributed by atoms with E-state index in [-0.39, 0.29) is 0 Å². The van der Waals surface area contributed by atoms with Crippen LogP contribution in [0.25, 0.3) is 0 Å². The third-order valence-electron chi connectivity index (χ3n) is 1.93. The molecule has 16 heavy (non-hydrogen) atoms. The zero-order chi connectivity index (χ0) is 11.6. The number of nitrogens with one attached hydrogen (secondary N) is 1. The molecule has 0 spiro atoms. The van der Waals surface area contributed by atoms with E-state index in [2.05, 4.69) is 15.3 Å². The number of nitrogens with zero attached hydrogens (tertiary/aromatic N) is 2. The van der Waals surface area contributed by atoms with E-state index in [1.54, 1.807) is 13.3 Å². The number of rotatable bonds is 8. The standard InChI is InChI=1S/C10H18N4O2/c1-15-5-6-16-4-2-3-13-10-9(11)7-12-8-14-10/h7-8H,2-6,11H2,1H3,(H,12,13,14). The van der Waals surface area contributed by atoms with E-state index in [9.17, 15) is 0 Å². The highest BCUT2D eigenvalue weighted by atomic mass is 16.5. The molecule has 0 saturated heterocycles. The number of anilines is 2. The second-order valence-electron chi connectivity index (χ2n) is 3.21. The summed E-state index contributed by atoms with van der Waals surface area (Å²) in [4.78, 5) is 7.83. The lowest BCUT2D eigenvalue weighted by atomic mass is 10.4. The molecule has 0 amide bonds. The molecule has 1 rings (SSSR count). The number of hydrogen-bond donors (Lipinski definition) is 2. The zero-order valence-corrected chi connectivity index (χ0v) is 9.48. The number of aromatic nitrogens is 2. The molecule has 0 saturated carbocycles. The van der Waals surface area contributed by atoms with Gasteiger partial charge in [0, 0.05) is 20.3 Å². The molecule has 0 radical (unpaired) electrons. The summed E-state index contributed by atoms with van der Waals surface area (Å²) in [6.45, 7) is 2.73. The third kappa shape index (κ3) is 4.90. The fourth-order valence-corrected chi connectivity index (χ4v) is 1.11. The van der Waals surface area contributed by atoms with Gasteiger partial charge in [-0.1, -0.05) is 0 Å². The Hall–Kier alpha value is -1.40. The van der Waals surface area contributed by atoms with E-state index < -0.39 is 0 Å². The lowest BCUT2D eigenvalue weighted by Gasteiger charge is -2.07. The molecular formula is C10H18N4O2. The molecule has 6 nitrogen and oxygen atoms in total. The highest BCUT2D eigenvalue weighted by Gasteiger charge is 1.97. The van der Waals surface area contributed by atoms with Crippen LogP contribution >= 0.6 is 0 Å². The minimum Gasteiger partial charge on any atom is -0.394 e. The molecule has 0 aromatic carbocycles. The zero-order valence-electron chi connectivity index (χ0n) is 9.48. The van der Waals surface area contributed by atoms with Crippen molar-refractivity contribution in [2.24, 2.45) is 0 Å². The quantitative estimate of drug-likeness (QED) is 0.629. The van der Waals surface area contributed by atoms with Crippen LogP contribution in [0.15, 0.2) is 12.5 Å². The molecule has 1 heterocycles. The van der Waals surface area contributed by atoms with Crippen molar-refractivity contribution in [3.63, 3.8) is 0 Å². The topological polar surface area (TPSA) is 82.3 Å². The molecule has 6 heteroatoms. The second kappa shape index (κ2) is 7.84. The summed E-state index contributed by atoms with van der Waals surface area (Å²) >= 11 is 0. The predicted octanol–water partition coefficient (Wildman–Crippen LogP) is 0.524. The first-order valence-corrected chi connectivity index (χ1v) is 5.20. The van der Waals surface area contributed by atoms with Crippen molar-refractivity contribution in [2.75, 3.05) is 44.5 Å². The maximum atomic E-state index is 5.67. The van der Waals surface area contributed by atoms with E-state index in [1.807, 2.05) is 0 Å². The SMILES string of the molecule is COCCOCCCNc1ncncc1N. The van der Waals surface area contributed by atoms with Gasteiger partial charge in [-0.05, 0) is 6.42 Å². The minimum atomic E-state index is 0.558. The van der Waals surface area contributed by atoms with Crippen LogP contribution in [0, 0.1) is 0 Å². The predicted molar refractivity (Wildman–Crippen MR) is 62.2 cm³/mol. The normalized spacial score (nSPS) is 10.3. The highest BCUT2D eigenvalue weighted by Crippen LogP contribution is 2.10. The van der Waals surface area contributed by atoms with Gasteiger partial charge in [0.05, 0.1) is 25.1 Å². The van der Waals surface area contributed by atoms with Crippen molar-refractivity contribution in [1.82, 2.24) is 9.97 Å². The fraction of sp³-hybridized carbons (Fsp3) is 0.600. The molecule has 0 aliphatic rings. The Morgan fingerprint density at radius 3 is 3.00 bits per heavy atom. The monoisotopic (exact) mass is 226 g/mol. The van der Waals surface area contributed by atoms with Crippen LogP contribution in [0.4, 0.5) is 11.5 Å². The molecule has 0 atom stereocenters. The molecule has 1 aromatic rings. The summed E-state index contributed by atoms with van der Waals surface area (Å²) in [5.74, 6) is 0.673. The van der Waals surface area contributed by atoms with Gasteiger partial charge in [0.1, 0.15) is 6.33 Å². The summed E-state index contributed by atoms with van der Waals surface area (Å²) in [6.07, 6.45) is 3.94. The van der Waals surface area contributed by atoms with E-state index >= 15 is 0 Å². The van der Waals surface area contributed by atoms with Gasteiger partial charge in [-0.2, -0.15) is 0 Å². The maximum Gasteiger partial charge on any atom is 0.152 e. The average molecular weight is 226 g/mol. The van der Waals surface area contributed by atoms with Crippen LogP contribution in [-0.2, 0) is 9.47 Å². The van der Waals surface area contributed by atoms with Gasteiger partial charge >= 0.3 is 0 Å². The Morgan fingerprint density at radius 1 is 1.38 bits per heavy atom. The molecule has 3 N–H and O–H groups in total. The number of nitrogens with two attached hydrogens (primary N) is 1. The van der Waals surface area contributed by atoms with Gasteiger partial charge in [0.2, 0.25) is 0 Å². The first-order chi connectivity index (χ1) is 7.84. The van der Waals surface area contributed by atoms with Crippen LogP contribution in [0.3, 0.4) is 0 Å². The number of ether oxygens (including phenoxy) is 2. The van der Waals surface area contributed by atoms with Crippen LogP contribution in [-0.4, -0.2) is 43.4 Å². The summed E-state index contributed by atoms with van der Waals surface area (Å²) in [5, 5.41) is 3.12. The molecule has 0 aliphatic heterocycles. The molecule has 1 aromatic heterocycles. The van der Waals surface area contributed by atoms with Crippen molar-refractivity contribution in [1.29, 1.82) is 0 Å². The Kier molecular flexibility index (Phi) is 6.20.